The van der Waals surface area contributed by atoms with Gasteiger partial charge in [0.2, 0.25) is 0 Å². The summed E-state index contributed by atoms with van der Waals surface area (Å²) in [6.07, 6.45) is 1.14. The van der Waals surface area contributed by atoms with Gasteiger partial charge in [-0.3, -0.25) is 0 Å². The lowest BCUT2D eigenvalue weighted by atomic mass is 9.83. The van der Waals surface area contributed by atoms with Gasteiger partial charge < -0.3 is 0 Å². The van der Waals surface area contributed by atoms with Gasteiger partial charge in [0.25, 0.3) is 10.0 Å². The Labute approximate surface area is 122 Å². The molecule has 7 heteroatoms. The predicted molar refractivity (Wildman–Crippen MR) is 75.8 cm³/mol. The first-order valence-electron chi connectivity index (χ1n) is 5.96. The summed E-state index contributed by atoms with van der Waals surface area (Å²) >= 11 is 7.03. The number of aryl methyl sites for hydroxylation is 1. The smallest absolute Gasteiger partial charge is 0.206 e. The Morgan fingerprint density at radius 1 is 1.47 bits per heavy atom. The van der Waals surface area contributed by atoms with Crippen LogP contribution in [0.5, 0.6) is 0 Å². The molecule has 0 bridgehead atoms. The number of hydrogen-bond donors (Lipinski definition) is 0. The van der Waals surface area contributed by atoms with Gasteiger partial charge in [-0.2, -0.15) is 9.57 Å². The maximum absolute atomic E-state index is 12.4. The fraction of sp³-hybridized carbons (Fsp3) is 0.583. The van der Waals surface area contributed by atoms with E-state index in [1.54, 1.807) is 13.0 Å². The van der Waals surface area contributed by atoms with Crippen molar-refractivity contribution in [3.63, 3.8) is 0 Å². The molecule has 1 saturated heterocycles. The Kier molecular flexibility index (Phi) is 3.94. The highest BCUT2D eigenvalue weighted by molar-refractivity contribution is 7.91. The van der Waals surface area contributed by atoms with Crippen LogP contribution in [0.25, 0.3) is 0 Å². The van der Waals surface area contributed by atoms with E-state index >= 15 is 0 Å². The van der Waals surface area contributed by atoms with E-state index in [1.165, 1.54) is 4.31 Å². The van der Waals surface area contributed by atoms with Gasteiger partial charge in [0.1, 0.15) is 4.21 Å². The van der Waals surface area contributed by atoms with Crippen LogP contribution in [0.1, 0.15) is 25.3 Å². The minimum absolute atomic E-state index is 0.288. The van der Waals surface area contributed by atoms with E-state index in [1.807, 2.05) is 6.92 Å². The standard InChI is InChI=1S/C12H15ClN2O2S2/c1-9-7-10(18-11(9)13)19(16,17)15-5-3-12(2,8-14)4-6-15/h7H,3-6H2,1-2H3. The molecule has 0 unspecified atom stereocenters. The van der Waals surface area contributed by atoms with Gasteiger partial charge in [-0.25, -0.2) is 8.42 Å². The fourth-order valence-corrected chi connectivity index (χ4v) is 5.32. The topological polar surface area (TPSA) is 61.2 Å². The molecule has 104 valence electrons. The summed E-state index contributed by atoms with van der Waals surface area (Å²) in [5.74, 6) is 0. The second kappa shape index (κ2) is 5.06. The quantitative estimate of drug-likeness (QED) is 0.842. The second-order valence-electron chi connectivity index (χ2n) is 5.10. The molecule has 2 rings (SSSR count). The van der Waals surface area contributed by atoms with E-state index in [0.29, 0.717) is 30.3 Å². The zero-order valence-corrected chi connectivity index (χ0v) is 13.2. The van der Waals surface area contributed by atoms with E-state index in [2.05, 4.69) is 6.07 Å². The molecule has 1 aromatic rings. The Morgan fingerprint density at radius 3 is 2.47 bits per heavy atom. The molecule has 4 nitrogen and oxygen atoms in total. The number of piperidine rings is 1. The van der Waals surface area contributed by atoms with Crippen LogP contribution in [0, 0.1) is 23.7 Å². The van der Waals surface area contributed by atoms with Crippen molar-refractivity contribution >= 4 is 33.0 Å². The average Bonchev–Trinajstić information content (AvgIpc) is 2.71. The van der Waals surface area contributed by atoms with Crippen molar-refractivity contribution in [2.24, 2.45) is 5.41 Å². The third-order valence-electron chi connectivity index (χ3n) is 3.52. The average molecular weight is 319 g/mol. The van der Waals surface area contributed by atoms with Gasteiger partial charge in [-0.05, 0) is 38.3 Å². The Balaban J connectivity index is 2.21. The number of sulfonamides is 1. The number of rotatable bonds is 2. The summed E-state index contributed by atoms with van der Waals surface area (Å²) in [6.45, 7) is 4.45. The first-order valence-corrected chi connectivity index (χ1v) is 8.59. The summed E-state index contributed by atoms with van der Waals surface area (Å²) in [5.41, 5.74) is 0.374. The highest BCUT2D eigenvalue weighted by atomic mass is 35.5. The van der Waals surface area contributed by atoms with Gasteiger partial charge in [0.15, 0.2) is 0 Å². The maximum atomic E-state index is 12.4. The Hall–Kier alpha value is -0.610. The van der Waals surface area contributed by atoms with E-state index in [9.17, 15) is 8.42 Å². The molecule has 19 heavy (non-hydrogen) atoms. The molecule has 2 heterocycles. The molecule has 0 aliphatic carbocycles. The molecule has 0 spiro atoms. The minimum Gasteiger partial charge on any atom is -0.206 e. The van der Waals surface area contributed by atoms with Crippen molar-refractivity contribution in [1.29, 1.82) is 5.26 Å². The molecular formula is C12H15ClN2O2S2. The summed E-state index contributed by atoms with van der Waals surface area (Å²) in [5, 5.41) is 9.06. The zero-order valence-electron chi connectivity index (χ0n) is 10.8. The number of hydrogen-bond acceptors (Lipinski definition) is 4. The van der Waals surface area contributed by atoms with Crippen LogP contribution < -0.4 is 0 Å². The van der Waals surface area contributed by atoms with Crippen LogP contribution in [-0.2, 0) is 10.0 Å². The number of thiophene rings is 1. The number of nitrogens with zero attached hydrogens (tertiary/aromatic N) is 2. The second-order valence-corrected chi connectivity index (χ2v) is 8.92. The molecular weight excluding hydrogens is 304 g/mol. The number of nitriles is 1. The van der Waals surface area contributed by atoms with Crippen LogP contribution >= 0.6 is 22.9 Å². The lowest BCUT2D eigenvalue weighted by molar-refractivity contribution is 0.232. The zero-order chi connectivity index (χ0) is 14.3. The predicted octanol–water partition coefficient (Wildman–Crippen LogP) is 3.02. The molecule has 1 fully saturated rings. The number of halogens is 1. The molecule has 0 saturated carbocycles. The van der Waals surface area contributed by atoms with Gasteiger partial charge in [0, 0.05) is 13.1 Å². The first-order chi connectivity index (χ1) is 8.78. The van der Waals surface area contributed by atoms with Crippen LogP contribution in [0.4, 0.5) is 0 Å². The maximum Gasteiger partial charge on any atom is 0.252 e. The van der Waals surface area contributed by atoms with Crippen LogP contribution in [0.3, 0.4) is 0 Å². The third-order valence-corrected chi connectivity index (χ3v) is 7.43. The summed E-state index contributed by atoms with van der Waals surface area (Å²) in [6, 6.07) is 3.88. The van der Waals surface area contributed by atoms with Crippen molar-refractivity contribution in [3.05, 3.63) is 16.0 Å². The minimum atomic E-state index is -3.46. The van der Waals surface area contributed by atoms with Crippen molar-refractivity contribution in [2.75, 3.05) is 13.1 Å². The molecule has 0 radical (unpaired) electrons. The van der Waals surface area contributed by atoms with Gasteiger partial charge >= 0.3 is 0 Å². The summed E-state index contributed by atoms with van der Waals surface area (Å²) in [7, 11) is -3.46. The van der Waals surface area contributed by atoms with Crippen molar-refractivity contribution in [3.8, 4) is 6.07 Å². The summed E-state index contributed by atoms with van der Waals surface area (Å²) < 4.78 is 27.1. The van der Waals surface area contributed by atoms with Crippen LogP contribution in [0.15, 0.2) is 10.3 Å². The molecule has 1 aliphatic heterocycles. The third kappa shape index (κ3) is 2.79. The van der Waals surface area contributed by atoms with Crippen molar-refractivity contribution in [2.45, 2.75) is 30.9 Å². The first kappa shape index (κ1) is 14.8. The lowest BCUT2D eigenvalue weighted by Gasteiger charge is -2.33. The van der Waals surface area contributed by atoms with Crippen molar-refractivity contribution in [1.82, 2.24) is 4.31 Å². The Morgan fingerprint density at radius 2 is 2.05 bits per heavy atom. The molecule has 0 aromatic carbocycles. The molecule has 1 aliphatic rings. The summed E-state index contributed by atoms with van der Waals surface area (Å²) in [4.78, 5) is 0. The van der Waals surface area contributed by atoms with Crippen LogP contribution in [0.2, 0.25) is 4.34 Å². The highest BCUT2D eigenvalue weighted by Crippen LogP contribution is 2.36. The molecule has 0 N–H and O–H groups in total. The van der Waals surface area contributed by atoms with Crippen molar-refractivity contribution < 1.29 is 8.42 Å². The fourth-order valence-electron chi connectivity index (χ4n) is 2.02. The van der Waals surface area contributed by atoms with E-state index < -0.39 is 15.4 Å². The SMILES string of the molecule is Cc1cc(S(=O)(=O)N2CCC(C)(C#N)CC2)sc1Cl. The lowest BCUT2D eigenvalue weighted by Crippen LogP contribution is -2.41. The molecule has 0 amide bonds. The van der Waals surface area contributed by atoms with Gasteiger partial charge in [-0.1, -0.05) is 11.6 Å². The van der Waals surface area contributed by atoms with E-state index in [-0.39, 0.29) is 4.21 Å². The normalized spacial score (nSPS) is 20.1. The monoisotopic (exact) mass is 318 g/mol. The molecule has 0 atom stereocenters. The highest BCUT2D eigenvalue weighted by Gasteiger charge is 2.36. The Bertz CT molecular complexity index is 603. The van der Waals surface area contributed by atoms with Gasteiger partial charge in [-0.15, -0.1) is 11.3 Å². The van der Waals surface area contributed by atoms with E-state index in [0.717, 1.165) is 16.9 Å². The van der Waals surface area contributed by atoms with Crippen LogP contribution in [-0.4, -0.2) is 25.8 Å². The van der Waals surface area contributed by atoms with E-state index in [4.69, 9.17) is 16.9 Å². The van der Waals surface area contributed by atoms with Gasteiger partial charge in [0.05, 0.1) is 15.8 Å². The largest absolute Gasteiger partial charge is 0.252 e. The molecule has 1 aromatic heterocycles.